The third-order valence-corrected chi connectivity index (χ3v) is 6.38. The van der Waals surface area contributed by atoms with Gasteiger partial charge in [-0.25, -0.2) is 4.79 Å². The summed E-state index contributed by atoms with van der Waals surface area (Å²) in [6, 6.07) is 6.31. The molecule has 1 aromatic carbocycles. The molecule has 7 nitrogen and oxygen atoms in total. The number of amides is 4. The average Bonchev–Trinajstić information content (AvgIpc) is 3.21. The van der Waals surface area contributed by atoms with Crippen LogP contribution in [0.4, 0.5) is 10.5 Å². The standard InChI is InChI=1S/C21H25N3O4/c1-14-5-2-3-11-21(14)19(27)24(20(28)22-21)13-17(25)15-7-9-16(10-8-15)23-12-4-6-18(23)26/h7-10,14H,2-6,11-13H2,1H3,(H,22,28)/t14-,21-/m0/s1. The number of hydrogen-bond acceptors (Lipinski definition) is 4. The fourth-order valence-electron chi connectivity index (χ4n) is 4.62. The molecule has 1 N–H and O–H groups in total. The molecule has 4 rings (SSSR count). The minimum atomic E-state index is -0.852. The maximum Gasteiger partial charge on any atom is 0.325 e. The average molecular weight is 383 g/mol. The molecule has 2 aliphatic heterocycles. The van der Waals surface area contributed by atoms with Crippen molar-refractivity contribution in [3.05, 3.63) is 29.8 Å². The molecule has 0 bridgehead atoms. The van der Waals surface area contributed by atoms with Crippen LogP contribution in [0, 0.1) is 5.92 Å². The second-order valence-corrected chi connectivity index (χ2v) is 8.06. The highest BCUT2D eigenvalue weighted by Crippen LogP contribution is 2.38. The van der Waals surface area contributed by atoms with Crippen molar-refractivity contribution in [1.29, 1.82) is 0 Å². The topological polar surface area (TPSA) is 86.8 Å². The second kappa shape index (κ2) is 7.04. The van der Waals surface area contributed by atoms with Gasteiger partial charge in [0.25, 0.3) is 5.91 Å². The zero-order valence-corrected chi connectivity index (χ0v) is 16.1. The molecule has 2 atom stereocenters. The molecule has 3 aliphatic rings. The predicted molar refractivity (Wildman–Crippen MR) is 103 cm³/mol. The molecule has 1 spiro atoms. The quantitative estimate of drug-likeness (QED) is 0.639. The molecule has 1 aliphatic carbocycles. The summed E-state index contributed by atoms with van der Waals surface area (Å²) in [6.07, 6.45) is 4.86. The first-order valence-corrected chi connectivity index (χ1v) is 10.00. The number of nitrogens with zero attached hydrogens (tertiary/aromatic N) is 2. The zero-order valence-electron chi connectivity index (χ0n) is 16.1. The Balaban J connectivity index is 1.47. The Labute approximate surface area is 164 Å². The van der Waals surface area contributed by atoms with Crippen LogP contribution in [0.1, 0.15) is 55.8 Å². The fraction of sp³-hybridized carbons (Fsp3) is 0.524. The highest BCUT2D eigenvalue weighted by molar-refractivity contribution is 6.11. The van der Waals surface area contributed by atoms with Crippen molar-refractivity contribution in [1.82, 2.24) is 10.2 Å². The highest BCUT2D eigenvalue weighted by atomic mass is 16.2. The fourth-order valence-corrected chi connectivity index (χ4v) is 4.62. The molecule has 2 heterocycles. The van der Waals surface area contributed by atoms with E-state index in [-0.39, 0.29) is 30.1 Å². The molecule has 1 saturated carbocycles. The van der Waals surface area contributed by atoms with Crippen molar-refractivity contribution < 1.29 is 19.2 Å². The molecule has 148 valence electrons. The summed E-state index contributed by atoms with van der Waals surface area (Å²) in [5.41, 5.74) is 0.341. The normalized spacial score (nSPS) is 27.6. The minimum absolute atomic E-state index is 0.0649. The maximum atomic E-state index is 13.0. The van der Waals surface area contributed by atoms with E-state index in [1.165, 1.54) is 0 Å². The van der Waals surface area contributed by atoms with Gasteiger partial charge in [0, 0.05) is 24.2 Å². The van der Waals surface area contributed by atoms with Gasteiger partial charge in [-0.1, -0.05) is 19.8 Å². The number of ketones is 1. The minimum Gasteiger partial charge on any atom is -0.323 e. The van der Waals surface area contributed by atoms with E-state index in [0.717, 1.165) is 36.3 Å². The Kier molecular flexibility index (Phi) is 4.69. The summed E-state index contributed by atoms with van der Waals surface area (Å²) in [6.45, 7) is 2.41. The summed E-state index contributed by atoms with van der Waals surface area (Å²) >= 11 is 0. The summed E-state index contributed by atoms with van der Waals surface area (Å²) in [4.78, 5) is 52.7. The Morgan fingerprint density at radius 2 is 1.89 bits per heavy atom. The first-order valence-electron chi connectivity index (χ1n) is 10.00. The van der Waals surface area contributed by atoms with Gasteiger partial charge in [0.2, 0.25) is 5.91 Å². The number of imide groups is 1. The van der Waals surface area contributed by atoms with Crippen LogP contribution in [-0.2, 0) is 9.59 Å². The van der Waals surface area contributed by atoms with Crippen LogP contribution < -0.4 is 10.2 Å². The van der Waals surface area contributed by atoms with Gasteiger partial charge >= 0.3 is 6.03 Å². The molecule has 1 aromatic rings. The zero-order chi connectivity index (χ0) is 19.9. The summed E-state index contributed by atoms with van der Waals surface area (Å²) in [7, 11) is 0. The number of benzene rings is 1. The molecule has 28 heavy (non-hydrogen) atoms. The Hall–Kier alpha value is -2.70. The predicted octanol–water partition coefficient (Wildman–Crippen LogP) is 2.50. The van der Waals surface area contributed by atoms with Crippen LogP contribution >= 0.6 is 0 Å². The number of nitrogens with one attached hydrogen (secondary N) is 1. The van der Waals surface area contributed by atoms with E-state index in [2.05, 4.69) is 5.32 Å². The van der Waals surface area contributed by atoms with E-state index in [4.69, 9.17) is 0 Å². The molecular formula is C21H25N3O4. The van der Waals surface area contributed by atoms with Gasteiger partial charge in [-0.05, 0) is 49.4 Å². The van der Waals surface area contributed by atoms with Gasteiger partial charge in [-0.3, -0.25) is 19.3 Å². The van der Waals surface area contributed by atoms with Gasteiger partial charge < -0.3 is 10.2 Å². The lowest BCUT2D eigenvalue weighted by molar-refractivity contribution is -0.133. The van der Waals surface area contributed by atoms with E-state index in [1.807, 2.05) is 6.92 Å². The monoisotopic (exact) mass is 383 g/mol. The van der Waals surface area contributed by atoms with Crippen LogP contribution in [0.5, 0.6) is 0 Å². The van der Waals surface area contributed by atoms with Crippen molar-refractivity contribution in [2.24, 2.45) is 5.92 Å². The molecule has 7 heteroatoms. The number of carbonyl (C=O) groups excluding carboxylic acids is 4. The largest absolute Gasteiger partial charge is 0.325 e. The lowest BCUT2D eigenvalue weighted by Crippen LogP contribution is -2.54. The molecular weight excluding hydrogens is 358 g/mol. The van der Waals surface area contributed by atoms with E-state index in [1.54, 1.807) is 29.2 Å². The lowest BCUT2D eigenvalue weighted by atomic mass is 9.73. The van der Waals surface area contributed by atoms with Crippen molar-refractivity contribution in [3.63, 3.8) is 0 Å². The molecule has 0 radical (unpaired) electrons. The first-order chi connectivity index (χ1) is 13.4. The summed E-state index contributed by atoms with van der Waals surface area (Å²) < 4.78 is 0. The Morgan fingerprint density at radius 1 is 1.14 bits per heavy atom. The van der Waals surface area contributed by atoms with Crippen molar-refractivity contribution in [2.45, 2.75) is 51.0 Å². The Bertz CT molecular complexity index is 835. The number of rotatable bonds is 4. The molecule has 0 unspecified atom stereocenters. The van der Waals surface area contributed by atoms with Crippen LogP contribution in [-0.4, -0.2) is 47.2 Å². The van der Waals surface area contributed by atoms with E-state index < -0.39 is 11.6 Å². The number of urea groups is 1. The molecule has 4 amide bonds. The SMILES string of the molecule is C[C@H]1CCCC[C@]12NC(=O)N(CC(=O)c1ccc(N3CCCC3=O)cc1)C2=O. The van der Waals surface area contributed by atoms with Crippen LogP contribution in [0.3, 0.4) is 0 Å². The van der Waals surface area contributed by atoms with Crippen LogP contribution in [0.25, 0.3) is 0 Å². The van der Waals surface area contributed by atoms with E-state index in [0.29, 0.717) is 24.9 Å². The number of carbonyl (C=O) groups is 4. The molecule has 2 saturated heterocycles. The van der Waals surface area contributed by atoms with Gasteiger partial charge in [0.05, 0.1) is 6.54 Å². The van der Waals surface area contributed by atoms with Crippen molar-refractivity contribution in [3.8, 4) is 0 Å². The van der Waals surface area contributed by atoms with Gasteiger partial charge in [-0.15, -0.1) is 0 Å². The van der Waals surface area contributed by atoms with Gasteiger partial charge in [0.1, 0.15) is 5.54 Å². The molecule has 0 aromatic heterocycles. The third-order valence-electron chi connectivity index (χ3n) is 6.38. The van der Waals surface area contributed by atoms with Crippen LogP contribution in [0.2, 0.25) is 0 Å². The van der Waals surface area contributed by atoms with E-state index in [9.17, 15) is 19.2 Å². The lowest BCUT2D eigenvalue weighted by Gasteiger charge is -2.36. The first kappa shape index (κ1) is 18.7. The molecule has 3 fully saturated rings. The summed E-state index contributed by atoms with van der Waals surface area (Å²) in [5, 5.41) is 2.87. The van der Waals surface area contributed by atoms with E-state index >= 15 is 0 Å². The highest BCUT2D eigenvalue weighted by Gasteiger charge is 2.55. The maximum absolute atomic E-state index is 13.0. The van der Waals surface area contributed by atoms with Gasteiger partial charge in [-0.2, -0.15) is 0 Å². The number of Topliss-reactive ketones (excluding diaryl/α,β-unsaturated/α-hetero) is 1. The number of hydrogen-bond donors (Lipinski definition) is 1. The number of anilines is 1. The second-order valence-electron chi connectivity index (χ2n) is 8.06. The van der Waals surface area contributed by atoms with Crippen molar-refractivity contribution >= 4 is 29.3 Å². The van der Waals surface area contributed by atoms with Crippen molar-refractivity contribution in [2.75, 3.05) is 18.0 Å². The summed E-state index contributed by atoms with van der Waals surface area (Å²) in [5.74, 6) is -0.416. The van der Waals surface area contributed by atoms with Crippen LogP contribution in [0.15, 0.2) is 24.3 Å². The van der Waals surface area contributed by atoms with Gasteiger partial charge in [0.15, 0.2) is 5.78 Å². The third kappa shape index (κ3) is 2.99. The Morgan fingerprint density at radius 3 is 2.54 bits per heavy atom. The smallest absolute Gasteiger partial charge is 0.323 e.